The Morgan fingerprint density at radius 2 is 1.59 bits per heavy atom. The van der Waals surface area contributed by atoms with Crippen molar-refractivity contribution in [1.29, 1.82) is 0 Å². The molecule has 0 heterocycles. The normalized spacial score (nSPS) is 27.6. The zero-order chi connectivity index (χ0) is 20.6. The topological polar surface area (TPSA) is 26.3 Å². The minimum absolute atomic E-state index is 0.229. The molecular weight excluding hydrogens is 363 g/mol. The average Bonchev–Trinajstić information content (AvgIpc) is 2.75. The molecule has 0 bridgehead atoms. The smallest absolute Gasteiger partial charge is 0.311 e. The standard InChI is InChI=1S/C26H39FO2/c1-3-5-23-15-16-24(18-25(23)27)29-26(28)17-10-20-8-13-22(14-9-20)21-11-6-19(4-2)7-12-21/h15-16,18-22H,3-14,17H2,1-2H3/t19-,20?,21-,22?. The van der Waals surface area contributed by atoms with Crippen LogP contribution in [0.1, 0.15) is 96.5 Å². The van der Waals surface area contributed by atoms with Gasteiger partial charge in [-0.15, -0.1) is 0 Å². The summed E-state index contributed by atoms with van der Waals surface area (Å²) in [7, 11) is 0. The van der Waals surface area contributed by atoms with Gasteiger partial charge in [0.25, 0.3) is 0 Å². The molecule has 2 fully saturated rings. The Kier molecular flexibility index (Phi) is 8.56. The molecule has 0 unspecified atom stereocenters. The number of benzene rings is 1. The maximum atomic E-state index is 14.0. The molecule has 0 atom stereocenters. The minimum Gasteiger partial charge on any atom is -0.426 e. The fourth-order valence-electron chi connectivity index (χ4n) is 5.58. The van der Waals surface area contributed by atoms with Crippen molar-refractivity contribution < 1.29 is 13.9 Å². The fraction of sp³-hybridized carbons (Fsp3) is 0.731. The highest BCUT2D eigenvalue weighted by molar-refractivity contribution is 5.72. The predicted octanol–water partition coefficient (Wildman–Crippen LogP) is 7.49. The Morgan fingerprint density at radius 1 is 0.966 bits per heavy atom. The van der Waals surface area contributed by atoms with E-state index in [-0.39, 0.29) is 11.8 Å². The number of hydrogen-bond donors (Lipinski definition) is 0. The second-order valence-electron chi connectivity index (χ2n) is 9.49. The van der Waals surface area contributed by atoms with E-state index in [0.717, 1.165) is 30.6 Å². The van der Waals surface area contributed by atoms with Crippen molar-refractivity contribution in [1.82, 2.24) is 0 Å². The number of aryl methyl sites for hydroxylation is 1. The van der Waals surface area contributed by atoms with Gasteiger partial charge in [0.2, 0.25) is 0 Å². The number of esters is 1. The van der Waals surface area contributed by atoms with Crippen molar-refractivity contribution in [2.24, 2.45) is 23.7 Å². The maximum absolute atomic E-state index is 14.0. The van der Waals surface area contributed by atoms with E-state index >= 15 is 0 Å². The van der Waals surface area contributed by atoms with Crippen LogP contribution in [0.5, 0.6) is 5.75 Å². The molecule has 3 rings (SSSR count). The van der Waals surface area contributed by atoms with Crippen LogP contribution in [0.2, 0.25) is 0 Å². The molecule has 0 aromatic heterocycles. The lowest BCUT2D eigenvalue weighted by atomic mass is 9.68. The molecule has 162 valence electrons. The van der Waals surface area contributed by atoms with Gasteiger partial charge < -0.3 is 4.74 Å². The summed E-state index contributed by atoms with van der Waals surface area (Å²) in [6, 6.07) is 4.79. The van der Waals surface area contributed by atoms with Crippen LogP contribution in [0.3, 0.4) is 0 Å². The van der Waals surface area contributed by atoms with Crippen LogP contribution in [0.15, 0.2) is 18.2 Å². The van der Waals surface area contributed by atoms with Crippen molar-refractivity contribution in [2.75, 3.05) is 0 Å². The highest BCUT2D eigenvalue weighted by atomic mass is 19.1. The quantitative estimate of drug-likeness (QED) is 0.333. The molecule has 29 heavy (non-hydrogen) atoms. The summed E-state index contributed by atoms with van der Waals surface area (Å²) in [5.41, 5.74) is 0.687. The van der Waals surface area contributed by atoms with Crippen LogP contribution < -0.4 is 4.74 Å². The molecule has 2 aliphatic carbocycles. The van der Waals surface area contributed by atoms with Gasteiger partial charge in [0.1, 0.15) is 11.6 Å². The van der Waals surface area contributed by atoms with Crippen LogP contribution in [0.25, 0.3) is 0 Å². The van der Waals surface area contributed by atoms with E-state index in [2.05, 4.69) is 6.92 Å². The molecule has 0 amide bonds. The molecular formula is C26H39FO2. The van der Waals surface area contributed by atoms with E-state index in [1.807, 2.05) is 6.92 Å². The third-order valence-electron chi connectivity index (χ3n) is 7.56. The van der Waals surface area contributed by atoms with E-state index in [9.17, 15) is 9.18 Å². The summed E-state index contributed by atoms with van der Waals surface area (Å²) >= 11 is 0. The van der Waals surface area contributed by atoms with Gasteiger partial charge in [-0.2, -0.15) is 0 Å². The lowest BCUT2D eigenvalue weighted by Crippen LogP contribution is -2.26. The number of rotatable bonds is 8. The molecule has 0 aliphatic heterocycles. The lowest BCUT2D eigenvalue weighted by molar-refractivity contribution is -0.134. The van der Waals surface area contributed by atoms with Gasteiger partial charge in [-0.05, 0) is 73.8 Å². The van der Waals surface area contributed by atoms with Gasteiger partial charge in [-0.3, -0.25) is 4.79 Å². The number of ether oxygens (including phenoxy) is 1. The van der Waals surface area contributed by atoms with Crippen LogP contribution in [0.4, 0.5) is 4.39 Å². The highest BCUT2D eigenvalue weighted by Gasteiger charge is 2.30. The maximum Gasteiger partial charge on any atom is 0.311 e. The molecule has 2 saturated carbocycles. The van der Waals surface area contributed by atoms with Crippen LogP contribution >= 0.6 is 0 Å². The molecule has 0 radical (unpaired) electrons. The molecule has 1 aromatic rings. The van der Waals surface area contributed by atoms with Gasteiger partial charge in [-0.1, -0.05) is 58.4 Å². The highest BCUT2D eigenvalue weighted by Crippen LogP contribution is 2.42. The summed E-state index contributed by atoms with van der Waals surface area (Å²) < 4.78 is 19.4. The zero-order valence-electron chi connectivity index (χ0n) is 18.4. The molecule has 2 aliphatic rings. The van der Waals surface area contributed by atoms with Crippen molar-refractivity contribution in [2.45, 2.75) is 97.3 Å². The third kappa shape index (κ3) is 6.55. The SMILES string of the molecule is CCCc1ccc(OC(=O)CCC2CCC([C@H]3CC[C@H](CC)CC3)CC2)cc1F. The molecule has 1 aromatic carbocycles. The first kappa shape index (κ1) is 22.3. The summed E-state index contributed by atoms with van der Waals surface area (Å²) in [6.07, 6.45) is 15.3. The molecule has 0 N–H and O–H groups in total. The number of hydrogen-bond acceptors (Lipinski definition) is 2. The van der Waals surface area contributed by atoms with Crippen LogP contribution in [0, 0.1) is 29.5 Å². The second kappa shape index (κ2) is 11.1. The predicted molar refractivity (Wildman–Crippen MR) is 116 cm³/mol. The summed E-state index contributed by atoms with van der Waals surface area (Å²) in [5, 5.41) is 0. The first-order valence-electron chi connectivity index (χ1n) is 12.1. The van der Waals surface area contributed by atoms with Crippen molar-refractivity contribution in [3.8, 4) is 5.75 Å². The zero-order valence-corrected chi connectivity index (χ0v) is 18.4. The Morgan fingerprint density at radius 3 is 2.14 bits per heavy atom. The Labute approximate surface area is 176 Å². The van der Waals surface area contributed by atoms with E-state index < -0.39 is 0 Å². The van der Waals surface area contributed by atoms with E-state index in [4.69, 9.17) is 4.74 Å². The molecule has 3 heteroatoms. The van der Waals surface area contributed by atoms with E-state index in [1.165, 1.54) is 63.9 Å². The molecule has 0 saturated heterocycles. The molecule has 0 spiro atoms. The monoisotopic (exact) mass is 402 g/mol. The summed E-state index contributed by atoms with van der Waals surface area (Å²) in [5.74, 6) is 3.32. The minimum atomic E-state index is -0.275. The largest absolute Gasteiger partial charge is 0.426 e. The average molecular weight is 403 g/mol. The first-order valence-corrected chi connectivity index (χ1v) is 12.1. The molecule has 2 nitrogen and oxygen atoms in total. The Hall–Kier alpha value is -1.38. The van der Waals surface area contributed by atoms with Crippen molar-refractivity contribution in [3.63, 3.8) is 0 Å². The van der Waals surface area contributed by atoms with Crippen LogP contribution in [-0.2, 0) is 11.2 Å². The third-order valence-corrected chi connectivity index (χ3v) is 7.56. The van der Waals surface area contributed by atoms with Gasteiger partial charge in [0.15, 0.2) is 0 Å². The van der Waals surface area contributed by atoms with Crippen molar-refractivity contribution >= 4 is 5.97 Å². The van der Waals surface area contributed by atoms with Crippen LogP contribution in [-0.4, -0.2) is 5.97 Å². The summed E-state index contributed by atoms with van der Waals surface area (Å²) in [4.78, 5) is 12.2. The Balaban J connectivity index is 1.36. The van der Waals surface area contributed by atoms with Crippen molar-refractivity contribution in [3.05, 3.63) is 29.6 Å². The van der Waals surface area contributed by atoms with Gasteiger partial charge >= 0.3 is 5.97 Å². The fourth-order valence-corrected chi connectivity index (χ4v) is 5.58. The second-order valence-corrected chi connectivity index (χ2v) is 9.49. The summed E-state index contributed by atoms with van der Waals surface area (Å²) in [6.45, 7) is 4.36. The Bertz CT molecular complexity index is 640. The first-order chi connectivity index (χ1) is 14.1. The number of carbonyl (C=O) groups is 1. The van der Waals surface area contributed by atoms with E-state index in [0.29, 0.717) is 30.1 Å². The van der Waals surface area contributed by atoms with E-state index in [1.54, 1.807) is 12.1 Å². The lowest BCUT2D eigenvalue weighted by Gasteiger charge is -2.37. The number of carbonyl (C=O) groups excluding carboxylic acids is 1. The van der Waals surface area contributed by atoms with Gasteiger partial charge in [0.05, 0.1) is 0 Å². The van der Waals surface area contributed by atoms with Gasteiger partial charge in [-0.25, -0.2) is 4.39 Å². The van der Waals surface area contributed by atoms with Gasteiger partial charge in [0, 0.05) is 12.5 Å². The number of halogens is 1.